The summed E-state index contributed by atoms with van der Waals surface area (Å²) >= 11 is 3.44. The fourth-order valence-electron chi connectivity index (χ4n) is 4.45. The Morgan fingerprint density at radius 1 is 1.23 bits per heavy atom. The quantitative estimate of drug-likeness (QED) is 0.676. The van der Waals surface area contributed by atoms with E-state index in [1.54, 1.807) is 12.0 Å². The number of benzene rings is 2. The summed E-state index contributed by atoms with van der Waals surface area (Å²) in [6, 6.07) is 15.7. The Morgan fingerprint density at radius 3 is 2.65 bits per heavy atom. The molecule has 0 bridgehead atoms. The Hall–Kier alpha value is -2.38. The lowest BCUT2D eigenvalue weighted by molar-refractivity contribution is -0.126. The van der Waals surface area contributed by atoms with Crippen molar-refractivity contribution >= 4 is 33.4 Å². The van der Waals surface area contributed by atoms with Crippen LogP contribution in [-0.4, -0.2) is 45.2 Å². The maximum Gasteiger partial charge on any atom is 0.227 e. The number of nitrogens with one attached hydrogen (secondary N) is 1. The topological polar surface area (TPSA) is 67.9 Å². The summed E-state index contributed by atoms with van der Waals surface area (Å²) in [5.74, 6) is 0.380. The molecule has 2 fully saturated rings. The molecule has 31 heavy (non-hydrogen) atoms. The predicted molar refractivity (Wildman–Crippen MR) is 122 cm³/mol. The Kier molecular flexibility index (Phi) is 6.62. The summed E-state index contributed by atoms with van der Waals surface area (Å²) in [4.78, 5) is 27.3. The summed E-state index contributed by atoms with van der Waals surface area (Å²) < 4.78 is 11.8. The molecule has 0 aromatic heterocycles. The lowest BCUT2D eigenvalue weighted by Crippen LogP contribution is -2.46. The zero-order valence-electron chi connectivity index (χ0n) is 17.6. The molecular weight excluding hydrogens is 460 g/mol. The minimum Gasteiger partial charge on any atom is -0.497 e. The van der Waals surface area contributed by atoms with E-state index in [0.29, 0.717) is 26.3 Å². The van der Waals surface area contributed by atoms with Crippen molar-refractivity contribution in [1.82, 2.24) is 5.32 Å². The number of halogens is 1. The molecule has 0 unspecified atom stereocenters. The number of methoxy groups -OCH3 is 1. The third-order valence-electron chi connectivity index (χ3n) is 6.37. The molecule has 2 amide bonds. The van der Waals surface area contributed by atoms with Crippen molar-refractivity contribution in [2.75, 3.05) is 38.3 Å². The van der Waals surface area contributed by atoms with E-state index >= 15 is 0 Å². The highest BCUT2D eigenvalue weighted by atomic mass is 79.9. The predicted octanol–water partition coefficient (Wildman–Crippen LogP) is 3.68. The molecule has 6 nitrogen and oxygen atoms in total. The minimum absolute atomic E-state index is 0.0193. The molecule has 2 heterocycles. The number of carbonyl (C=O) groups is 2. The van der Waals surface area contributed by atoms with Gasteiger partial charge in [0.05, 0.1) is 13.0 Å². The van der Waals surface area contributed by atoms with Gasteiger partial charge in [-0.3, -0.25) is 9.59 Å². The van der Waals surface area contributed by atoms with Crippen LogP contribution in [0.5, 0.6) is 5.75 Å². The van der Waals surface area contributed by atoms with Gasteiger partial charge in [-0.2, -0.15) is 0 Å². The Morgan fingerprint density at radius 2 is 1.97 bits per heavy atom. The van der Waals surface area contributed by atoms with Crippen LogP contribution < -0.4 is 15.0 Å². The second-order valence-corrected chi connectivity index (χ2v) is 9.14. The molecule has 0 aliphatic carbocycles. The third-order valence-corrected chi connectivity index (χ3v) is 6.86. The molecule has 0 saturated carbocycles. The van der Waals surface area contributed by atoms with E-state index in [2.05, 4.69) is 33.4 Å². The summed E-state index contributed by atoms with van der Waals surface area (Å²) in [6.45, 7) is 2.27. The molecule has 4 rings (SSSR count). The summed E-state index contributed by atoms with van der Waals surface area (Å²) in [6.07, 6.45) is 1.91. The van der Waals surface area contributed by atoms with Crippen LogP contribution in [0.15, 0.2) is 53.0 Å². The highest BCUT2D eigenvalue weighted by Gasteiger charge is 2.38. The number of hydrogen-bond acceptors (Lipinski definition) is 4. The lowest BCUT2D eigenvalue weighted by atomic mass is 9.74. The van der Waals surface area contributed by atoms with Crippen molar-refractivity contribution in [3.8, 4) is 5.75 Å². The van der Waals surface area contributed by atoms with Crippen molar-refractivity contribution < 1.29 is 19.1 Å². The minimum atomic E-state index is -0.348. The maximum absolute atomic E-state index is 13.0. The second-order valence-electron chi connectivity index (χ2n) is 8.22. The lowest BCUT2D eigenvalue weighted by Gasteiger charge is -2.38. The average molecular weight is 487 g/mol. The molecule has 2 aromatic rings. The highest BCUT2D eigenvalue weighted by Crippen LogP contribution is 2.35. The molecule has 0 radical (unpaired) electrons. The van der Waals surface area contributed by atoms with Crippen LogP contribution >= 0.6 is 15.9 Å². The molecule has 1 atom stereocenters. The molecule has 164 valence electrons. The Balaban J connectivity index is 1.44. The molecule has 2 aliphatic rings. The third kappa shape index (κ3) is 4.77. The van der Waals surface area contributed by atoms with Gasteiger partial charge in [0.1, 0.15) is 5.75 Å². The van der Waals surface area contributed by atoms with Gasteiger partial charge in [-0.25, -0.2) is 0 Å². The molecule has 0 spiro atoms. The first-order valence-corrected chi connectivity index (χ1v) is 11.4. The molecule has 2 aliphatic heterocycles. The fourth-order valence-corrected chi connectivity index (χ4v) is 4.84. The number of rotatable bonds is 6. The first kappa shape index (κ1) is 21.8. The Labute approximate surface area is 191 Å². The van der Waals surface area contributed by atoms with Crippen molar-refractivity contribution in [1.29, 1.82) is 0 Å². The summed E-state index contributed by atoms with van der Waals surface area (Å²) in [5.41, 5.74) is 1.82. The van der Waals surface area contributed by atoms with Gasteiger partial charge in [-0.1, -0.05) is 34.1 Å². The van der Waals surface area contributed by atoms with Crippen LogP contribution in [0.25, 0.3) is 0 Å². The van der Waals surface area contributed by atoms with Crippen LogP contribution in [0.1, 0.15) is 24.8 Å². The van der Waals surface area contributed by atoms with Crippen LogP contribution in [0, 0.1) is 5.92 Å². The first-order chi connectivity index (χ1) is 15.0. The van der Waals surface area contributed by atoms with Crippen molar-refractivity contribution in [2.45, 2.75) is 24.7 Å². The van der Waals surface area contributed by atoms with Gasteiger partial charge in [0.2, 0.25) is 11.8 Å². The van der Waals surface area contributed by atoms with Gasteiger partial charge < -0.3 is 19.7 Å². The van der Waals surface area contributed by atoms with Gasteiger partial charge in [-0.05, 0) is 48.7 Å². The van der Waals surface area contributed by atoms with Crippen molar-refractivity contribution in [3.63, 3.8) is 0 Å². The van der Waals surface area contributed by atoms with Crippen LogP contribution in [-0.2, 0) is 19.7 Å². The zero-order valence-corrected chi connectivity index (χ0v) is 19.2. The van der Waals surface area contributed by atoms with Gasteiger partial charge in [0.15, 0.2) is 0 Å². The van der Waals surface area contributed by atoms with Gasteiger partial charge in [0.25, 0.3) is 0 Å². The number of carbonyl (C=O) groups excluding carboxylic acids is 2. The fraction of sp³-hybridized carbons (Fsp3) is 0.417. The van der Waals surface area contributed by atoms with E-state index in [0.717, 1.165) is 28.8 Å². The SMILES string of the molecule is COc1ccc(C2(CNC(=O)[C@H]3CC(=O)N(c4cccc(Br)c4)C3)CCOCC2)cc1. The largest absolute Gasteiger partial charge is 0.497 e. The van der Waals surface area contributed by atoms with Crippen LogP contribution in [0.2, 0.25) is 0 Å². The molecule has 2 saturated heterocycles. The number of hydrogen-bond donors (Lipinski definition) is 1. The smallest absolute Gasteiger partial charge is 0.227 e. The molecule has 2 aromatic carbocycles. The standard InChI is InChI=1S/C24H27BrN2O4/c1-30-21-7-5-18(6-8-21)24(9-11-31-12-10-24)16-26-23(29)17-13-22(28)27(15-17)20-4-2-3-19(25)14-20/h2-8,14,17H,9-13,15-16H2,1H3,(H,26,29)/t17-/m0/s1. The van der Waals surface area contributed by atoms with E-state index in [9.17, 15) is 9.59 Å². The number of anilines is 1. The molecular formula is C24H27BrN2O4. The number of nitrogens with zero attached hydrogens (tertiary/aromatic N) is 1. The van der Waals surface area contributed by atoms with E-state index < -0.39 is 0 Å². The van der Waals surface area contributed by atoms with Crippen LogP contribution in [0.4, 0.5) is 5.69 Å². The van der Waals surface area contributed by atoms with E-state index in [4.69, 9.17) is 9.47 Å². The summed E-state index contributed by atoms with van der Waals surface area (Å²) in [7, 11) is 1.65. The number of amides is 2. The van der Waals surface area contributed by atoms with Gasteiger partial charge in [0, 0.05) is 48.3 Å². The van der Waals surface area contributed by atoms with Crippen molar-refractivity contribution in [3.05, 3.63) is 58.6 Å². The summed E-state index contributed by atoms with van der Waals surface area (Å²) in [5, 5.41) is 3.15. The van der Waals surface area contributed by atoms with E-state index in [1.165, 1.54) is 5.56 Å². The monoisotopic (exact) mass is 486 g/mol. The van der Waals surface area contributed by atoms with Crippen molar-refractivity contribution in [2.24, 2.45) is 5.92 Å². The first-order valence-electron chi connectivity index (χ1n) is 10.6. The Bertz CT molecular complexity index is 941. The van der Waals surface area contributed by atoms with E-state index in [1.807, 2.05) is 36.4 Å². The second kappa shape index (κ2) is 9.40. The average Bonchev–Trinajstić information content (AvgIpc) is 3.20. The molecule has 7 heteroatoms. The highest BCUT2D eigenvalue weighted by molar-refractivity contribution is 9.10. The number of ether oxygens (including phenoxy) is 2. The molecule has 1 N–H and O–H groups in total. The van der Waals surface area contributed by atoms with Crippen LogP contribution in [0.3, 0.4) is 0 Å². The normalized spacial score (nSPS) is 20.5. The van der Waals surface area contributed by atoms with E-state index in [-0.39, 0.29) is 29.6 Å². The van der Waals surface area contributed by atoms with Gasteiger partial charge >= 0.3 is 0 Å². The zero-order chi connectivity index (χ0) is 21.8. The van der Waals surface area contributed by atoms with Gasteiger partial charge in [-0.15, -0.1) is 0 Å². The maximum atomic E-state index is 13.0.